The third-order valence-electron chi connectivity index (χ3n) is 4.52. The molecule has 140 valence electrons. The lowest BCUT2D eigenvalue weighted by Gasteiger charge is -2.08. The first-order valence-corrected chi connectivity index (χ1v) is 10.2. The fourth-order valence-electron chi connectivity index (χ4n) is 2.76. The average molecular weight is 379 g/mol. The van der Waals surface area contributed by atoms with Gasteiger partial charge in [0.05, 0.1) is 17.6 Å². The summed E-state index contributed by atoms with van der Waals surface area (Å²) < 4.78 is 1.98. The minimum absolute atomic E-state index is 0.834. The van der Waals surface area contributed by atoms with Crippen LogP contribution in [0, 0.1) is 13.8 Å². The highest BCUT2D eigenvalue weighted by Gasteiger charge is 2.09. The molecule has 0 aliphatic carbocycles. The molecular formula is C22H26N4S. The number of aryl methyl sites for hydroxylation is 2. The number of benzene rings is 1. The maximum atomic E-state index is 4.91. The highest BCUT2D eigenvalue weighted by atomic mass is 32.1. The Kier molecular flexibility index (Phi) is 6.35. The lowest BCUT2D eigenvalue weighted by molar-refractivity contribution is 0.800. The highest BCUT2D eigenvalue weighted by Crippen LogP contribution is 2.23. The summed E-state index contributed by atoms with van der Waals surface area (Å²) in [4.78, 5) is 9.79. The summed E-state index contributed by atoms with van der Waals surface area (Å²) in [5.41, 5.74) is 6.76. The van der Waals surface area contributed by atoms with E-state index in [1.54, 1.807) is 23.7 Å². The van der Waals surface area contributed by atoms with Crippen molar-refractivity contribution < 1.29 is 0 Å². The largest absolute Gasteiger partial charge is 0.262 e. The fourth-order valence-corrected chi connectivity index (χ4v) is 3.61. The zero-order chi connectivity index (χ0) is 19.2. The molecular weight excluding hydrogens is 352 g/mol. The minimum Gasteiger partial charge on any atom is -0.262 e. The Hall–Kier alpha value is -2.53. The molecule has 0 unspecified atom stereocenters. The van der Waals surface area contributed by atoms with Gasteiger partial charge in [-0.2, -0.15) is 5.10 Å². The first kappa shape index (κ1) is 19.2. The average Bonchev–Trinajstić information content (AvgIpc) is 3.05. The molecule has 0 aliphatic heterocycles. The summed E-state index contributed by atoms with van der Waals surface area (Å²) in [5.74, 6) is 0. The van der Waals surface area contributed by atoms with Crippen LogP contribution >= 0.6 is 11.3 Å². The summed E-state index contributed by atoms with van der Waals surface area (Å²) in [7, 11) is 0. The molecule has 3 aromatic rings. The van der Waals surface area contributed by atoms with E-state index < -0.39 is 0 Å². The van der Waals surface area contributed by atoms with E-state index in [0.717, 1.165) is 46.7 Å². The summed E-state index contributed by atoms with van der Waals surface area (Å²) in [6.45, 7) is 8.58. The number of aromatic nitrogens is 2. The SMILES string of the molecule is CCCCC(C)=Nn1c(-c2ccc(C)c(C)c2)csc1=Nc1cccnc1. The topological polar surface area (TPSA) is 42.5 Å². The minimum atomic E-state index is 0.834. The molecule has 3 rings (SSSR count). The van der Waals surface area contributed by atoms with Gasteiger partial charge in [0.25, 0.3) is 0 Å². The monoisotopic (exact) mass is 378 g/mol. The smallest absolute Gasteiger partial charge is 0.211 e. The van der Waals surface area contributed by atoms with Crippen molar-refractivity contribution in [3.63, 3.8) is 0 Å². The molecule has 0 amide bonds. The van der Waals surface area contributed by atoms with Crippen LogP contribution in [-0.4, -0.2) is 15.4 Å². The van der Waals surface area contributed by atoms with Gasteiger partial charge >= 0.3 is 0 Å². The Morgan fingerprint density at radius 2 is 2.04 bits per heavy atom. The van der Waals surface area contributed by atoms with Gasteiger partial charge in [-0.05, 0) is 62.9 Å². The van der Waals surface area contributed by atoms with Crippen molar-refractivity contribution in [1.29, 1.82) is 0 Å². The number of rotatable bonds is 6. The molecule has 4 nitrogen and oxygen atoms in total. The number of thiazole rings is 1. The predicted octanol–water partition coefficient (Wildman–Crippen LogP) is 5.88. The molecule has 0 radical (unpaired) electrons. The first-order valence-electron chi connectivity index (χ1n) is 9.36. The highest BCUT2D eigenvalue weighted by molar-refractivity contribution is 7.07. The Morgan fingerprint density at radius 3 is 2.74 bits per heavy atom. The maximum absolute atomic E-state index is 4.91. The van der Waals surface area contributed by atoms with Crippen LogP contribution in [0.15, 0.2) is 58.2 Å². The Balaban J connectivity index is 2.13. The van der Waals surface area contributed by atoms with Crippen molar-refractivity contribution in [1.82, 2.24) is 9.66 Å². The number of nitrogens with zero attached hydrogens (tertiary/aromatic N) is 4. The molecule has 0 bridgehead atoms. The van der Waals surface area contributed by atoms with Gasteiger partial charge in [0.1, 0.15) is 0 Å². The summed E-state index contributed by atoms with van der Waals surface area (Å²) in [6, 6.07) is 10.4. The molecule has 2 heterocycles. The number of hydrogen-bond donors (Lipinski definition) is 0. The first-order chi connectivity index (χ1) is 13.1. The second-order valence-corrected chi connectivity index (χ2v) is 7.61. The van der Waals surface area contributed by atoms with E-state index in [2.05, 4.69) is 56.3 Å². The lowest BCUT2D eigenvalue weighted by Crippen LogP contribution is -2.13. The summed E-state index contributed by atoms with van der Waals surface area (Å²) >= 11 is 1.60. The van der Waals surface area contributed by atoms with Crippen LogP contribution in [0.5, 0.6) is 0 Å². The van der Waals surface area contributed by atoms with Crippen LogP contribution in [0.2, 0.25) is 0 Å². The van der Waals surface area contributed by atoms with Gasteiger partial charge < -0.3 is 0 Å². The second kappa shape index (κ2) is 8.91. The van der Waals surface area contributed by atoms with Crippen molar-refractivity contribution in [3.05, 3.63) is 64.0 Å². The van der Waals surface area contributed by atoms with Gasteiger partial charge in [0, 0.05) is 22.9 Å². The predicted molar refractivity (Wildman–Crippen MR) is 115 cm³/mol. The molecule has 0 spiro atoms. The molecule has 0 fully saturated rings. The van der Waals surface area contributed by atoms with Gasteiger partial charge in [0.15, 0.2) is 0 Å². The van der Waals surface area contributed by atoms with Crippen LogP contribution in [0.1, 0.15) is 44.2 Å². The maximum Gasteiger partial charge on any atom is 0.211 e. The van der Waals surface area contributed by atoms with Crippen molar-refractivity contribution in [2.24, 2.45) is 10.1 Å². The van der Waals surface area contributed by atoms with E-state index in [0.29, 0.717) is 0 Å². The summed E-state index contributed by atoms with van der Waals surface area (Å²) in [5, 5.41) is 7.05. The van der Waals surface area contributed by atoms with Gasteiger partial charge in [-0.25, -0.2) is 9.67 Å². The van der Waals surface area contributed by atoms with Crippen LogP contribution in [0.25, 0.3) is 11.3 Å². The zero-order valence-corrected chi connectivity index (χ0v) is 17.3. The van der Waals surface area contributed by atoms with Gasteiger partial charge in [-0.1, -0.05) is 25.5 Å². The molecule has 0 aliphatic rings. The third-order valence-corrected chi connectivity index (χ3v) is 5.34. The van der Waals surface area contributed by atoms with E-state index >= 15 is 0 Å². The molecule has 27 heavy (non-hydrogen) atoms. The Bertz CT molecular complexity index is 997. The standard InChI is InChI=1S/C22H26N4S/c1-5-6-8-18(4)25-26-21(19-11-10-16(2)17(3)13-19)15-27-22(26)24-20-9-7-12-23-14-20/h7,9-15H,5-6,8H2,1-4H3. The van der Waals surface area contributed by atoms with Gasteiger partial charge in [0.2, 0.25) is 4.80 Å². The third kappa shape index (κ3) is 4.80. The summed E-state index contributed by atoms with van der Waals surface area (Å²) in [6.07, 6.45) is 6.84. The van der Waals surface area contributed by atoms with E-state index in [1.807, 2.05) is 16.8 Å². The van der Waals surface area contributed by atoms with Gasteiger partial charge in [-0.3, -0.25) is 4.98 Å². The van der Waals surface area contributed by atoms with Crippen molar-refractivity contribution in [3.8, 4) is 11.3 Å². The zero-order valence-electron chi connectivity index (χ0n) is 16.4. The Morgan fingerprint density at radius 1 is 1.19 bits per heavy atom. The molecule has 1 aromatic carbocycles. The van der Waals surface area contributed by atoms with Crippen molar-refractivity contribution >= 4 is 22.7 Å². The van der Waals surface area contributed by atoms with E-state index in [9.17, 15) is 0 Å². The normalized spacial score (nSPS) is 12.6. The van der Waals surface area contributed by atoms with Crippen LogP contribution in [0.3, 0.4) is 0 Å². The van der Waals surface area contributed by atoms with Gasteiger partial charge in [-0.15, -0.1) is 11.3 Å². The lowest BCUT2D eigenvalue weighted by atomic mass is 10.1. The van der Waals surface area contributed by atoms with Crippen LogP contribution in [-0.2, 0) is 0 Å². The molecule has 5 heteroatoms. The van der Waals surface area contributed by atoms with E-state index in [4.69, 9.17) is 10.1 Å². The fraction of sp³-hybridized carbons (Fsp3) is 0.318. The van der Waals surface area contributed by atoms with Crippen molar-refractivity contribution in [2.75, 3.05) is 0 Å². The number of pyridine rings is 1. The Labute approximate surface area is 165 Å². The van der Waals surface area contributed by atoms with E-state index in [1.165, 1.54) is 11.1 Å². The van der Waals surface area contributed by atoms with Crippen molar-refractivity contribution in [2.45, 2.75) is 47.0 Å². The quantitative estimate of drug-likeness (QED) is 0.494. The number of hydrogen-bond acceptors (Lipinski definition) is 4. The van der Waals surface area contributed by atoms with E-state index in [-0.39, 0.29) is 0 Å². The molecule has 0 saturated heterocycles. The van der Waals surface area contributed by atoms with Crippen LogP contribution < -0.4 is 4.80 Å². The second-order valence-electron chi connectivity index (χ2n) is 6.78. The molecule has 0 atom stereocenters. The number of unbranched alkanes of at least 4 members (excludes halogenated alkanes) is 1. The van der Waals surface area contributed by atoms with Crippen LogP contribution in [0.4, 0.5) is 5.69 Å². The molecule has 0 saturated carbocycles. The molecule has 0 N–H and O–H groups in total. The molecule has 2 aromatic heterocycles.